The van der Waals surface area contributed by atoms with Crippen molar-refractivity contribution in [3.63, 3.8) is 0 Å². The van der Waals surface area contributed by atoms with Crippen LogP contribution >= 0.6 is 0 Å². The molecule has 7 heteroatoms. The topological polar surface area (TPSA) is 86.7 Å². The Bertz CT molecular complexity index is 676. The second-order valence-corrected chi connectivity index (χ2v) is 11.7. The van der Waals surface area contributed by atoms with Gasteiger partial charge in [-0.1, -0.05) is 20.8 Å². The van der Waals surface area contributed by atoms with Crippen LogP contribution in [-0.4, -0.2) is 55.8 Å². The summed E-state index contributed by atoms with van der Waals surface area (Å²) in [6, 6.07) is -0.144. The van der Waals surface area contributed by atoms with Crippen LogP contribution in [0.25, 0.3) is 0 Å². The molecule has 0 bridgehead atoms. The molecule has 3 fully saturated rings. The first-order chi connectivity index (χ1) is 13.0. The van der Waals surface area contributed by atoms with E-state index in [1.54, 1.807) is 0 Å². The quantitative estimate of drug-likeness (QED) is 0.739. The molecule has 1 saturated heterocycles. The van der Waals surface area contributed by atoms with E-state index in [1.165, 1.54) is 12.7 Å². The van der Waals surface area contributed by atoms with Crippen molar-refractivity contribution in [3.05, 3.63) is 0 Å². The van der Waals surface area contributed by atoms with E-state index < -0.39 is 16.1 Å². The smallest absolute Gasteiger partial charge is 0.225 e. The molecule has 7 unspecified atom stereocenters. The van der Waals surface area contributed by atoms with Gasteiger partial charge in [-0.25, -0.2) is 13.1 Å². The highest BCUT2D eigenvalue weighted by Gasteiger charge is 2.54. The van der Waals surface area contributed by atoms with Gasteiger partial charge in [0.05, 0.1) is 12.4 Å². The van der Waals surface area contributed by atoms with E-state index in [0.29, 0.717) is 0 Å². The van der Waals surface area contributed by atoms with E-state index >= 15 is 0 Å². The lowest BCUT2D eigenvalue weighted by Gasteiger charge is -2.56. The van der Waals surface area contributed by atoms with Crippen molar-refractivity contribution in [2.75, 3.05) is 19.3 Å². The Balaban J connectivity index is 1.76. The van der Waals surface area contributed by atoms with Crippen molar-refractivity contribution in [2.45, 2.75) is 77.9 Å². The van der Waals surface area contributed by atoms with E-state index in [9.17, 15) is 18.3 Å². The Morgan fingerprint density at radius 1 is 1.18 bits per heavy atom. The van der Waals surface area contributed by atoms with Gasteiger partial charge in [0.15, 0.2) is 0 Å². The highest BCUT2D eigenvalue weighted by molar-refractivity contribution is 7.88. The van der Waals surface area contributed by atoms with Gasteiger partial charge in [-0.2, -0.15) is 0 Å². The Morgan fingerprint density at radius 2 is 1.79 bits per heavy atom. The summed E-state index contributed by atoms with van der Waals surface area (Å²) in [5.74, 6) is 0.000995. The molecule has 3 rings (SSSR count). The highest BCUT2D eigenvalue weighted by Crippen LogP contribution is 2.55. The van der Waals surface area contributed by atoms with Crippen molar-refractivity contribution in [1.82, 2.24) is 9.62 Å². The molecule has 3 aliphatic rings. The van der Waals surface area contributed by atoms with Crippen LogP contribution in [0, 0.1) is 29.1 Å². The van der Waals surface area contributed by atoms with E-state index in [2.05, 4.69) is 18.6 Å². The van der Waals surface area contributed by atoms with Gasteiger partial charge >= 0.3 is 0 Å². The Morgan fingerprint density at radius 3 is 2.39 bits per heavy atom. The standard InChI is InChI=1S/C21H38N2O4S/c1-14(20(25)23-12-6-5-7-13-23)16-8-10-21(3)11-9-17(22-28(4,26)27)15(2)18(21)19(16)24/h14-19,22,24H,5-13H2,1-4H3. The number of nitrogens with zero attached hydrogens (tertiary/aromatic N) is 1. The Kier molecular flexibility index (Phi) is 6.47. The minimum Gasteiger partial charge on any atom is -0.392 e. The number of carbonyl (C=O) groups is 1. The van der Waals surface area contributed by atoms with Crippen LogP contribution in [-0.2, 0) is 14.8 Å². The predicted molar refractivity (Wildman–Crippen MR) is 110 cm³/mol. The fourth-order valence-electron chi connectivity index (χ4n) is 6.32. The van der Waals surface area contributed by atoms with Gasteiger partial charge in [0, 0.05) is 25.0 Å². The first-order valence-corrected chi connectivity index (χ1v) is 12.9. The molecule has 2 saturated carbocycles. The molecule has 0 spiro atoms. The molecule has 0 aromatic heterocycles. The number of nitrogens with one attached hydrogen (secondary N) is 1. The SMILES string of the molecule is CC(C(=O)N1CCCCC1)C1CCC2(C)CCC(NS(C)(=O)=O)C(C)C2C1O. The minimum absolute atomic E-state index is 0.0101. The molecule has 2 aliphatic carbocycles. The molecule has 7 atom stereocenters. The van der Waals surface area contributed by atoms with E-state index in [4.69, 9.17) is 0 Å². The molecule has 0 radical (unpaired) electrons. The van der Waals surface area contributed by atoms with Gasteiger partial charge in [0.1, 0.15) is 0 Å². The average Bonchev–Trinajstić information content (AvgIpc) is 2.63. The maximum atomic E-state index is 13.0. The van der Waals surface area contributed by atoms with Gasteiger partial charge in [0.25, 0.3) is 0 Å². The van der Waals surface area contributed by atoms with Crippen LogP contribution in [0.5, 0.6) is 0 Å². The second kappa shape index (κ2) is 8.23. The van der Waals surface area contributed by atoms with E-state index in [1.807, 2.05) is 11.8 Å². The number of aliphatic hydroxyl groups excluding tert-OH is 1. The molecular weight excluding hydrogens is 376 g/mol. The first kappa shape index (κ1) is 22.0. The summed E-state index contributed by atoms with van der Waals surface area (Å²) in [7, 11) is -3.28. The largest absolute Gasteiger partial charge is 0.392 e. The summed E-state index contributed by atoms with van der Waals surface area (Å²) in [5.41, 5.74) is 0.0128. The van der Waals surface area contributed by atoms with Crippen molar-refractivity contribution < 1.29 is 18.3 Å². The third-order valence-electron chi connectivity index (χ3n) is 7.95. The maximum absolute atomic E-state index is 13.0. The molecule has 6 nitrogen and oxygen atoms in total. The summed E-state index contributed by atoms with van der Waals surface area (Å²) >= 11 is 0. The van der Waals surface area contributed by atoms with Gasteiger partial charge < -0.3 is 10.0 Å². The molecule has 0 aromatic rings. The second-order valence-electron chi connectivity index (χ2n) is 9.94. The Labute approximate surface area is 170 Å². The van der Waals surface area contributed by atoms with Gasteiger partial charge in [0.2, 0.25) is 15.9 Å². The van der Waals surface area contributed by atoms with Crippen molar-refractivity contribution in [2.24, 2.45) is 29.1 Å². The number of rotatable bonds is 4. The number of piperidine rings is 1. The number of sulfonamides is 1. The molecule has 0 aromatic carbocycles. The number of hydrogen-bond acceptors (Lipinski definition) is 4. The lowest BCUT2D eigenvalue weighted by molar-refractivity contribution is -0.150. The van der Waals surface area contributed by atoms with Gasteiger partial charge in [-0.05, 0) is 68.1 Å². The summed E-state index contributed by atoms with van der Waals surface area (Å²) in [5, 5.41) is 11.4. The highest BCUT2D eigenvalue weighted by atomic mass is 32.2. The number of fused-ring (bicyclic) bond motifs is 1. The third-order valence-corrected chi connectivity index (χ3v) is 8.68. The summed E-state index contributed by atoms with van der Waals surface area (Å²) in [6.45, 7) is 7.95. The van der Waals surface area contributed by atoms with Crippen molar-refractivity contribution in [3.8, 4) is 0 Å². The molecule has 1 aliphatic heterocycles. The van der Waals surface area contributed by atoms with Crippen LogP contribution in [0.4, 0.5) is 0 Å². The fraction of sp³-hybridized carbons (Fsp3) is 0.952. The number of likely N-dealkylation sites (tertiary alicyclic amines) is 1. The van der Waals surface area contributed by atoms with Crippen LogP contribution in [0.3, 0.4) is 0 Å². The molecule has 162 valence electrons. The zero-order valence-corrected chi connectivity index (χ0v) is 18.7. The number of carbonyl (C=O) groups excluding carboxylic acids is 1. The predicted octanol–water partition coefficient (Wildman–Crippen LogP) is 2.38. The summed E-state index contributed by atoms with van der Waals surface area (Å²) in [6.07, 6.45) is 7.54. The normalized spacial score (nSPS) is 40.6. The van der Waals surface area contributed by atoms with Crippen molar-refractivity contribution in [1.29, 1.82) is 0 Å². The monoisotopic (exact) mass is 414 g/mol. The van der Waals surface area contributed by atoms with Gasteiger partial charge in [-0.3, -0.25) is 4.79 Å². The average molecular weight is 415 g/mol. The van der Waals surface area contributed by atoms with E-state index in [0.717, 1.165) is 51.6 Å². The molecule has 28 heavy (non-hydrogen) atoms. The summed E-state index contributed by atoms with van der Waals surface area (Å²) < 4.78 is 26.3. The maximum Gasteiger partial charge on any atom is 0.225 e. The number of aliphatic hydroxyl groups is 1. The first-order valence-electron chi connectivity index (χ1n) is 11.0. The van der Waals surface area contributed by atoms with Crippen LogP contribution in [0.15, 0.2) is 0 Å². The molecular formula is C21H38N2O4S. The zero-order valence-electron chi connectivity index (χ0n) is 17.9. The number of hydrogen-bond donors (Lipinski definition) is 2. The third kappa shape index (κ3) is 4.41. The fourth-order valence-corrected chi connectivity index (χ4v) is 7.20. The van der Waals surface area contributed by atoms with Crippen LogP contribution in [0.2, 0.25) is 0 Å². The number of amides is 1. The van der Waals surface area contributed by atoms with Crippen LogP contribution < -0.4 is 4.72 Å². The molecule has 1 amide bonds. The van der Waals surface area contributed by atoms with Crippen molar-refractivity contribution >= 4 is 15.9 Å². The zero-order chi connectivity index (χ0) is 20.7. The Hall–Kier alpha value is -0.660. The summed E-state index contributed by atoms with van der Waals surface area (Å²) in [4.78, 5) is 15.0. The minimum atomic E-state index is -3.28. The molecule has 1 heterocycles. The van der Waals surface area contributed by atoms with E-state index in [-0.39, 0.29) is 41.0 Å². The molecule has 2 N–H and O–H groups in total. The lowest BCUT2D eigenvalue weighted by Crippen LogP contribution is -2.58. The lowest BCUT2D eigenvalue weighted by atomic mass is 9.52. The van der Waals surface area contributed by atoms with Gasteiger partial charge in [-0.15, -0.1) is 0 Å². The van der Waals surface area contributed by atoms with Crippen LogP contribution in [0.1, 0.15) is 65.7 Å².